The van der Waals surface area contributed by atoms with Gasteiger partial charge in [0.05, 0.1) is 5.69 Å². The molecule has 9 aromatic carbocycles. The predicted octanol–water partition coefficient (Wildman–Crippen LogP) is 17.2. The third-order valence-corrected chi connectivity index (χ3v) is 13.9. The van der Waals surface area contributed by atoms with Crippen molar-refractivity contribution in [3.8, 4) is 123 Å². The van der Waals surface area contributed by atoms with Crippen LogP contribution in [0.15, 0.2) is 255 Å². The minimum absolute atomic E-state index is 0.210. The molecule has 12 rings (SSSR count). The largest absolute Gasteiger partial charge is 0.334 e. The molecular formula is C68H51N5. The molecule has 0 atom stereocenters. The number of imidazole rings is 2. The first-order valence-electron chi connectivity index (χ1n) is 26.0. The third kappa shape index (κ3) is 8.90. The molecule has 0 bridgehead atoms. The molecule has 3 aromatic heterocycles. The summed E-state index contributed by atoms with van der Waals surface area (Å²) in [5.41, 5.74) is 21.4. The summed E-state index contributed by atoms with van der Waals surface area (Å²) in [6.07, 6.45) is 9.07. The quantitative estimate of drug-likeness (QED) is 0.130. The van der Waals surface area contributed by atoms with Crippen LogP contribution in [0.4, 0.5) is 0 Å². The van der Waals surface area contributed by atoms with Crippen molar-refractivity contribution < 1.29 is 4.11 Å². The van der Waals surface area contributed by atoms with Crippen molar-refractivity contribution in [2.75, 3.05) is 0 Å². The molecule has 0 fully saturated rings. The smallest absolute Gasteiger partial charge is 0.139 e. The van der Waals surface area contributed by atoms with Crippen LogP contribution in [0.5, 0.6) is 0 Å². The number of nitrogens with zero attached hydrogens (tertiary/aromatic N) is 5. The van der Waals surface area contributed by atoms with Crippen LogP contribution in [0, 0.1) is 6.85 Å². The van der Waals surface area contributed by atoms with Gasteiger partial charge in [-0.2, -0.15) is 0 Å². The van der Waals surface area contributed by atoms with E-state index in [2.05, 4.69) is 221 Å². The second-order valence-corrected chi connectivity index (χ2v) is 18.4. The number of pyridine rings is 1. The maximum Gasteiger partial charge on any atom is 0.139 e. The number of aromatic nitrogens is 5. The van der Waals surface area contributed by atoms with Crippen molar-refractivity contribution in [2.24, 2.45) is 14.1 Å². The minimum Gasteiger partial charge on any atom is -0.334 e. The monoisotopic (exact) mass is 940 g/mol. The Bertz CT molecular complexity index is 3880. The summed E-state index contributed by atoms with van der Waals surface area (Å²) in [7, 11) is 4.04. The van der Waals surface area contributed by atoms with Crippen LogP contribution in [-0.2, 0) is 14.1 Å². The highest BCUT2D eigenvalue weighted by molar-refractivity contribution is 5.97. The average Bonchev–Trinajstić information content (AvgIpc) is 4.15. The summed E-state index contributed by atoms with van der Waals surface area (Å²) in [5.74, 6) is 1.84. The maximum absolute atomic E-state index is 7.97. The van der Waals surface area contributed by atoms with Crippen molar-refractivity contribution in [2.45, 2.75) is 6.85 Å². The van der Waals surface area contributed by atoms with Gasteiger partial charge in [0.15, 0.2) is 0 Å². The zero-order chi connectivity index (χ0) is 51.8. The van der Waals surface area contributed by atoms with E-state index in [9.17, 15) is 0 Å². The van der Waals surface area contributed by atoms with Crippen LogP contribution in [-0.4, -0.2) is 24.1 Å². The molecule has 3 heterocycles. The van der Waals surface area contributed by atoms with Gasteiger partial charge >= 0.3 is 0 Å². The van der Waals surface area contributed by atoms with Crippen LogP contribution in [0.25, 0.3) is 123 Å². The van der Waals surface area contributed by atoms with E-state index >= 15 is 0 Å². The van der Waals surface area contributed by atoms with E-state index in [0.717, 1.165) is 117 Å². The fourth-order valence-corrected chi connectivity index (χ4v) is 10.1. The maximum atomic E-state index is 7.97. The van der Waals surface area contributed by atoms with Gasteiger partial charge in [-0.25, -0.2) is 9.97 Å². The SMILES string of the molecule is [2H]C([2H])([2H])c1ccc(-c2ccc(-c3ccccc3-c3cc(-c4ccccc4-c4ccc(-c5nccn5C)cc4)cc(-c4ccccc4-c4ccc(-c5nccn5C)cc4)c3)c(-c3ccc(-c4ccccc4)cc3)c2)nc1. The minimum atomic E-state index is -2.25. The highest BCUT2D eigenvalue weighted by Crippen LogP contribution is 2.45. The summed E-state index contributed by atoms with van der Waals surface area (Å²) in [6, 6.07) is 79.6. The Balaban J connectivity index is 1.03. The molecule has 12 aromatic rings. The zero-order valence-corrected chi connectivity index (χ0v) is 40.5. The van der Waals surface area contributed by atoms with E-state index in [-0.39, 0.29) is 5.56 Å². The van der Waals surface area contributed by atoms with E-state index in [1.807, 2.05) is 54.1 Å². The van der Waals surface area contributed by atoms with Crippen LogP contribution in [0.1, 0.15) is 9.68 Å². The van der Waals surface area contributed by atoms with Gasteiger partial charge in [-0.05, 0) is 132 Å². The van der Waals surface area contributed by atoms with E-state index < -0.39 is 6.85 Å². The first kappa shape index (κ1) is 41.3. The van der Waals surface area contributed by atoms with E-state index in [0.29, 0.717) is 5.69 Å². The molecule has 348 valence electrons. The average molecular weight is 941 g/mol. The topological polar surface area (TPSA) is 48.5 Å². The number of hydrogen-bond donors (Lipinski definition) is 0. The molecule has 0 N–H and O–H groups in total. The Morgan fingerprint density at radius 3 is 1.14 bits per heavy atom. The number of hydrogen-bond acceptors (Lipinski definition) is 3. The second-order valence-electron chi connectivity index (χ2n) is 18.4. The summed E-state index contributed by atoms with van der Waals surface area (Å²) in [4.78, 5) is 13.9. The van der Waals surface area contributed by atoms with Gasteiger partial charge in [-0.1, -0.05) is 194 Å². The number of benzene rings is 9. The summed E-state index contributed by atoms with van der Waals surface area (Å²) < 4.78 is 28.0. The lowest BCUT2D eigenvalue weighted by Crippen LogP contribution is -1.94. The van der Waals surface area contributed by atoms with Crippen molar-refractivity contribution in [3.05, 3.63) is 261 Å². The van der Waals surface area contributed by atoms with E-state index in [4.69, 9.17) is 4.11 Å². The Morgan fingerprint density at radius 2 is 0.685 bits per heavy atom. The van der Waals surface area contributed by atoms with Crippen LogP contribution >= 0.6 is 0 Å². The van der Waals surface area contributed by atoms with Crippen LogP contribution in [0.2, 0.25) is 0 Å². The second kappa shape index (κ2) is 19.4. The fraction of sp³-hybridized carbons (Fsp3) is 0.0441. The van der Waals surface area contributed by atoms with Crippen molar-refractivity contribution >= 4 is 0 Å². The van der Waals surface area contributed by atoms with Gasteiger partial charge in [0, 0.05) is 65.9 Å². The van der Waals surface area contributed by atoms with Gasteiger partial charge in [-0.15, -0.1) is 0 Å². The molecular weight excluding hydrogens is 887 g/mol. The lowest BCUT2D eigenvalue weighted by Gasteiger charge is -2.19. The van der Waals surface area contributed by atoms with Crippen LogP contribution in [0.3, 0.4) is 0 Å². The number of rotatable bonds is 11. The van der Waals surface area contributed by atoms with Gasteiger partial charge in [0.1, 0.15) is 11.6 Å². The highest BCUT2D eigenvalue weighted by Gasteiger charge is 2.19. The zero-order valence-electron chi connectivity index (χ0n) is 43.5. The summed E-state index contributed by atoms with van der Waals surface area (Å²) in [5, 5.41) is 0. The van der Waals surface area contributed by atoms with Crippen molar-refractivity contribution in [1.82, 2.24) is 24.1 Å². The Labute approximate surface area is 431 Å². The molecule has 0 aliphatic heterocycles. The molecule has 0 spiro atoms. The Morgan fingerprint density at radius 1 is 0.301 bits per heavy atom. The van der Waals surface area contributed by atoms with Gasteiger partial charge in [0.2, 0.25) is 0 Å². The molecule has 73 heavy (non-hydrogen) atoms. The Kier molecular flexibility index (Phi) is 11.0. The Hall–Kier alpha value is -9.45. The van der Waals surface area contributed by atoms with Gasteiger partial charge < -0.3 is 9.13 Å². The molecule has 5 heteroatoms. The van der Waals surface area contributed by atoms with E-state index in [1.54, 1.807) is 12.1 Å². The van der Waals surface area contributed by atoms with Gasteiger partial charge in [-0.3, -0.25) is 4.98 Å². The molecule has 0 aliphatic carbocycles. The first-order valence-corrected chi connectivity index (χ1v) is 24.5. The number of aryl methyl sites for hydroxylation is 3. The molecule has 5 nitrogen and oxygen atoms in total. The molecule has 0 saturated carbocycles. The molecule has 0 aliphatic rings. The molecule has 0 amide bonds. The molecule has 0 radical (unpaired) electrons. The first-order chi connectivity index (χ1) is 37.1. The van der Waals surface area contributed by atoms with Crippen molar-refractivity contribution in [3.63, 3.8) is 0 Å². The standard InChI is InChI=1S/C68H51N5/c1-46-21-36-66(71-45-46)54-34-35-64(65(44-54)51-24-22-48(23-25-51)47-13-5-4-6-14-47)63-20-12-11-19-62(63)57-42-55(60-17-9-7-15-58(60)49-26-30-52(31-27-49)67-69-37-39-72(67)2)41-56(43-57)61-18-10-8-16-59(61)50-28-32-53(33-29-50)68-70-38-40-73(68)3/h4-45H,1-3H3/i1D3. The van der Waals surface area contributed by atoms with Gasteiger partial charge in [0.25, 0.3) is 0 Å². The third-order valence-electron chi connectivity index (χ3n) is 13.9. The lowest BCUT2D eigenvalue weighted by atomic mass is 9.84. The predicted molar refractivity (Wildman–Crippen MR) is 302 cm³/mol. The normalized spacial score (nSPS) is 12.0. The van der Waals surface area contributed by atoms with Crippen molar-refractivity contribution in [1.29, 1.82) is 0 Å². The summed E-state index contributed by atoms with van der Waals surface area (Å²) in [6.45, 7) is -2.25. The fourth-order valence-electron chi connectivity index (χ4n) is 10.1. The van der Waals surface area contributed by atoms with E-state index in [1.165, 1.54) is 6.20 Å². The summed E-state index contributed by atoms with van der Waals surface area (Å²) >= 11 is 0. The lowest BCUT2D eigenvalue weighted by molar-refractivity contribution is 0.925. The molecule has 0 saturated heterocycles. The van der Waals surface area contributed by atoms with Crippen LogP contribution < -0.4 is 0 Å². The molecule has 0 unspecified atom stereocenters. The highest BCUT2D eigenvalue weighted by atomic mass is 15.0.